The Morgan fingerprint density at radius 2 is 2.10 bits per heavy atom. The van der Waals surface area contributed by atoms with Gasteiger partial charge in [0.05, 0.1) is 18.4 Å². The van der Waals surface area contributed by atoms with E-state index in [1.807, 2.05) is 0 Å². The van der Waals surface area contributed by atoms with E-state index in [0.717, 1.165) is 17.8 Å². The van der Waals surface area contributed by atoms with Crippen molar-refractivity contribution in [3.63, 3.8) is 0 Å². The molecule has 1 N–H and O–H groups in total. The monoisotopic (exact) mass is 303 g/mol. The molecule has 0 aliphatic heterocycles. The summed E-state index contributed by atoms with van der Waals surface area (Å²) in [7, 11) is 1.19. The third-order valence-corrected chi connectivity index (χ3v) is 2.94. The fraction of sp³-hybridized carbons (Fsp3) is 0.333. The van der Waals surface area contributed by atoms with Crippen LogP contribution in [-0.4, -0.2) is 18.5 Å². The predicted octanol–water partition coefficient (Wildman–Crippen LogP) is 3.44. The Kier molecular flexibility index (Phi) is 5.27. The normalized spacial score (nSPS) is 11.9. The Hall–Kier alpha value is -1.88. The van der Waals surface area contributed by atoms with E-state index in [2.05, 4.69) is 10.3 Å². The van der Waals surface area contributed by atoms with Gasteiger partial charge in [0.1, 0.15) is 5.75 Å². The van der Waals surface area contributed by atoms with Crippen LogP contribution < -0.4 is 10.1 Å². The molecule has 8 heteroatoms. The van der Waals surface area contributed by atoms with E-state index in [-0.39, 0.29) is 16.6 Å². The number of nitrogens with one attached hydrogen (secondary N) is 1. The highest BCUT2D eigenvalue weighted by Gasteiger charge is 2.35. The van der Waals surface area contributed by atoms with Crippen LogP contribution in [0.1, 0.15) is 11.1 Å². The van der Waals surface area contributed by atoms with Gasteiger partial charge in [0, 0.05) is 0 Å². The summed E-state index contributed by atoms with van der Waals surface area (Å²) in [6, 6.07) is 2.35. The number of hydrogen-bond acceptors (Lipinski definition) is 4. The minimum atomic E-state index is -4.54. The third-order valence-electron chi connectivity index (χ3n) is 2.36. The average molecular weight is 303 g/mol. The summed E-state index contributed by atoms with van der Waals surface area (Å²) in [6.07, 6.45) is -1.21. The molecule has 0 aliphatic carbocycles. The summed E-state index contributed by atoms with van der Waals surface area (Å²) in [6.45, 7) is 1.50. The molecule has 0 saturated carbocycles. The molecule has 20 heavy (non-hydrogen) atoms. The fourth-order valence-electron chi connectivity index (χ4n) is 1.59. The molecule has 108 valence electrons. The number of alkyl halides is 3. The van der Waals surface area contributed by atoms with Gasteiger partial charge in [0.2, 0.25) is 0 Å². The smallest absolute Gasteiger partial charge is 0.420 e. The largest absolute Gasteiger partial charge is 0.496 e. The Labute approximate surface area is 118 Å². The Balaban J connectivity index is 3.39. The maximum Gasteiger partial charge on any atom is 0.420 e. The first-order chi connectivity index (χ1) is 9.33. The summed E-state index contributed by atoms with van der Waals surface area (Å²) < 4.78 is 43.7. The van der Waals surface area contributed by atoms with Crippen LogP contribution in [0, 0.1) is 18.4 Å². The second-order valence-corrected chi connectivity index (χ2v) is 4.49. The summed E-state index contributed by atoms with van der Waals surface area (Å²) >= 11 is 1.12. The molecule has 0 atom stereocenters. The van der Waals surface area contributed by atoms with Crippen LogP contribution in [0.15, 0.2) is 17.1 Å². The van der Waals surface area contributed by atoms with Crippen molar-refractivity contribution < 1.29 is 17.9 Å². The van der Waals surface area contributed by atoms with E-state index >= 15 is 0 Å². The molecule has 1 rings (SSSR count). The van der Waals surface area contributed by atoms with Crippen molar-refractivity contribution >= 4 is 22.6 Å². The van der Waals surface area contributed by atoms with Crippen LogP contribution in [0.5, 0.6) is 5.75 Å². The predicted molar refractivity (Wildman–Crippen MR) is 72.1 cm³/mol. The summed E-state index contributed by atoms with van der Waals surface area (Å²) in [4.78, 5) is 3.97. The maximum atomic E-state index is 13.0. The molecular weight excluding hydrogens is 291 g/mol. The van der Waals surface area contributed by atoms with E-state index in [9.17, 15) is 13.2 Å². The molecule has 0 fully saturated rings. The second-order valence-electron chi connectivity index (χ2n) is 3.70. The van der Waals surface area contributed by atoms with Gasteiger partial charge in [-0.05, 0) is 30.9 Å². The number of aliphatic imine (C=N–C) groups is 1. The zero-order chi connectivity index (χ0) is 15.3. The van der Waals surface area contributed by atoms with Crippen molar-refractivity contribution in [1.29, 1.82) is 5.26 Å². The van der Waals surface area contributed by atoms with Crippen LogP contribution in [0.4, 0.5) is 18.9 Å². The highest BCUT2D eigenvalue weighted by molar-refractivity contribution is 8.13. The molecule has 1 aromatic rings. The van der Waals surface area contributed by atoms with Crippen LogP contribution in [0.2, 0.25) is 0 Å². The Morgan fingerprint density at radius 3 is 2.55 bits per heavy atom. The average Bonchev–Trinajstić information content (AvgIpc) is 2.36. The van der Waals surface area contributed by atoms with E-state index < -0.39 is 11.7 Å². The van der Waals surface area contributed by atoms with Gasteiger partial charge in [0.25, 0.3) is 0 Å². The van der Waals surface area contributed by atoms with Crippen molar-refractivity contribution in [3.8, 4) is 11.9 Å². The highest BCUT2D eigenvalue weighted by Crippen LogP contribution is 2.40. The lowest BCUT2D eigenvalue weighted by atomic mass is 10.1. The molecule has 4 nitrogen and oxygen atoms in total. The van der Waals surface area contributed by atoms with Crippen LogP contribution in [0.25, 0.3) is 0 Å². The van der Waals surface area contributed by atoms with Gasteiger partial charge in [0.15, 0.2) is 11.4 Å². The lowest BCUT2D eigenvalue weighted by Gasteiger charge is -2.15. The quantitative estimate of drug-likeness (QED) is 0.393. The topological polar surface area (TPSA) is 57.4 Å². The minimum Gasteiger partial charge on any atom is -0.496 e. The number of benzene rings is 1. The van der Waals surface area contributed by atoms with E-state index in [0.29, 0.717) is 5.56 Å². The second kappa shape index (κ2) is 6.52. The molecule has 0 amide bonds. The fourth-order valence-corrected chi connectivity index (χ4v) is 1.94. The van der Waals surface area contributed by atoms with Crippen molar-refractivity contribution in [1.82, 2.24) is 5.32 Å². The molecule has 0 spiro atoms. The van der Waals surface area contributed by atoms with E-state index in [1.165, 1.54) is 20.1 Å². The zero-order valence-electron chi connectivity index (χ0n) is 11.0. The number of aryl methyl sites for hydroxylation is 1. The van der Waals surface area contributed by atoms with Gasteiger partial charge in [-0.3, -0.25) is 5.32 Å². The third kappa shape index (κ3) is 3.81. The number of nitriles is 1. The number of methoxy groups -OCH3 is 1. The number of nitrogens with zero attached hydrogens (tertiary/aromatic N) is 2. The molecule has 0 aliphatic rings. The summed E-state index contributed by atoms with van der Waals surface area (Å²) in [5.74, 6) is -0.226. The Morgan fingerprint density at radius 1 is 1.45 bits per heavy atom. The molecular formula is C12H12F3N3OS. The van der Waals surface area contributed by atoms with Crippen molar-refractivity contribution in [2.45, 2.75) is 13.1 Å². The Bertz CT molecular complexity index is 564. The van der Waals surface area contributed by atoms with Gasteiger partial charge in [-0.15, -0.1) is 0 Å². The first-order valence-electron chi connectivity index (χ1n) is 5.37. The zero-order valence-corrected chi connectivity index (χ0v) is 11.8. The summed E-state index contributed by atoms with van der Waals surface area (Å²) in [5.41, 5.74) is -0.475. The standard InChI is InChI=1S/C12H12F3N3OS/c1-7-4-8(18-11(20-3)17-6-16)5-9(10(7)19-2)12(13,14)15/h4-5H,1-3H3,(H,17,18). The van der Waals surface area contributed by atoms with Crippen molar-refractivity contribution in [3.05, 3.63) is 23.3 Å². The molecule has 1 aromatic carbocycles. The molecule has 0 bridgehead atoms. The highest BCUT2D eigenvalue weighted by atomic mass is 32.2. The van der Waals surface area contributed by atoms with Crippen molar-refractivity contribution in [2.24, 2.45) is 4.99 Å². The summed E-state index contributed by atoms with van der Waals surface area (Å²) in [5, 5.41) is 11.0. The minimum absolute atomic E-state index is 0.0997. The van der Waals surface area contributed by atoms with Crippen LogP contribution in [0.3, 0.4) is 0 Å². The molecule has 0 unspecified atom stereocenters. The van der Waals surface area contributed by atoms with Gasteiger partial charge in [-0.25, -0.2) is 4.99 Å². The van der Waals surface area contributed by atoms with Gasteiger partial charge >= 0.3 is 6.18 Å². The number of ether oxygens (including phenoxy) is 1. The van der Waals surface area contributed by atoms with Crippen molar-refractivity contribution in [2.75, 3.05) is 13.4 Å². The maximum absolute atomic E-state index is 13.0. The van der Waals surface area contributed by atoms with Crippen LogP contribution in [-0.2, 0) is 6.18 Å². The SMILES string of the molecule is COc1c(C)cc(N=C(NC#N)SC)cc1C(F)(F)F. The first-order valence-corrected chi connectivity index (χ1v) is 6.59. The number of halogens is 3. The van der Waals surface area contributed by atoms with E-state index in [1.54, 1.807) is 12.4 Å². The number of rotatable bonds is 2. The first kappa shape index (κ1) is 16.2. The van der Waals surface area contributed by atoms with Gasteiger partial charge < -0.3 is 4.74 Å². The van der Waals surface area contributed by atoms with Gasteiger partial charge in [-0.1, -0.05) is 11.8 Å². The van der Waals surface area contributed by atoms with E-state index in [4.69, 9.17) is 10.00 Å². The lowest BCUT2D eigenvalue weighted by molar-refractivity contribution is -0.138. The molecule has 0 aromatic heterocycles. The number of thioether (sulfide) groups is 1. The van der Waals surface area contributed by atoms with Gasteiger partial charge in [-0.2, -0.15) is 18.4 Å². The van der Waals surface area contributed by atoms with Crippen LogP contribution >= 0.6 is 11.8 Å². The molecule has 0 saturated heterocycles. The number of amidine groups is 1. The number of hydrogen-bond donors (Lipinski definition) is 1. The molecule has 0 heterocycles. The lowest BCUT2D eigenvalue weighted by Crippen LogP contribution is -2.13. The molecule has 0 radical (unpaired) electrons.